The van der Waals surface area contributed by atoms with E-state index in [0.29, 0.717) is 36.7 Å². The summed E-state index contributed by atoms with van der Waals surface area (Å²) in [5.41, 5.74) is 0.553. The number of likely N-dealkylation sites (tertiary alicyclic amines) is 1. The monoisotopic (exact) mass is 332 g/mol. The van der Waals surface area contributed by atoms with Crippen molar-refractivity contribution in [3.63, 3.8) is 0 Å². The van der Waals surface area contributed by atoms with Crippen molar-refractivity contribution < 1.29 is 23.8 Å². The van der Waals surface area contributed by atoms with Crippen LogP contribution in [0.1, 0.15) is 23.2 Å². The van der Waals surface area contributed by atoms with Gasteiger partial charge in [-0.1, -0.05) is 0 Å². The summed E-state index contributed by atoms with van der Waals surface area (Å²) < 4.78 is 16.0. The highest BCUT2D eigenvalue weighted by Gasteiger charge is 2.36. The van der Waals surface area contributed by atoms with Crippen LogP contribution in [0.3, 0.4) is 0 Å². The smallest absolute Gasteiger partial charge is 0.254 e. The van der Waals surface area contributed by atoms with E-state index in [9.17, 15) is 9.59 Å². The molecule has 7 nitrogen and oxygen atoms in total. The quantitative estimate of drug-likeness (QED) is 0.882. The molecule has 128 valence electrons. The lowest BCUT2D eigenvalue weighted by molar-refractivity contribution is -0.129. The summed E-state index contributed by atoms with van der Waals surface area (Å²) in [6, 6.07) is 5.15. The van der Waals surface area contributed by atoms with Crippen LogP contribution in [0.4, 0.5) is 0 Å². The third-order valence-electron chi connectivity index (χ3n) is 4.69. The van der Waals surface area contributed by atoms with Gasteiger partial charge in [-0.15, -0.1) is 0 Å². The SMILES string of the molecule is O=C(NC[C@H]1CCCO1)C1CN(C(=O)c2ccc3c(c2)OCO3)C1. The summed E-state index contributed by atoms with van der Waals surface area (Å²) >= 11 is 0. The van der Waals surface area contributed by atoms with Gasteiger partial charge in [0.15, 0.2) is 11.5 Å². The molecule has 2 saturated heterocycles. The molecule has 0 aromatic heterocycles. The highest BCUT2D eigenvalue weighted by Crippen LogP contribution is 2.33. The third kappa shape index (κ3) is 2.91. The molecule has 4 rings (SSSR count). The molecule has 3 aliphatic rings. The molecule has 0 saturated carbocycles. The van der Waals surface area contributed by atoms with Crippen molar-refractivity contribution in [3.8, 4) is 11.5 Å². The van der Waals surface area contributed by atoms with Crippen LogP contribution in [-0.4, -0.2) is 55.9 Å². The molecule has 24 heavy (non-hydrogen) atoms. The molecule has 0 aliphatic carbocycles. The Bertz CT molecular complexity index is 650. The zero-order valence-electron chi connectivity index (χ0n) is 13.3. The number of hydrogen-bond acceptors (Lipinski definition) is 5. The lowest BCUT2D eigenvalue weighted by Gasteiger charge is -2.38. The molecule has 1 aromatic rings. The fourth-order valence-corrected chi connectivity index (χ4v) is 3.19. The van der Waals surface area contributed by atoms with Crippen LogP contribution < -0.4 is 14.8 Å². The van der Waals surface area contributed by atoms with Gasteiger partial charge in [0.25, 0.3) is 5.91 Å². The number of nitrogens with one attached hydrogen (secondary N) is 1. The summed E-state index contributed by atoms with van der Waals surface area (Å²) in [5.74, 6) is 1.02. The Morgan fingerprint density at radius 3 is 2.83 bits per heavy atom. The standard InChI is InChI=1S/C17H20N2O5/c20-16(18-7-13-2-1-5-22-13)12-8-19(9-12)17(21)11-3-4-14-15(6-11)24-10-23-14/h3-4,6,12-13H,1-2,5,7-10H2,(H,18,20)/t13-/m1/s1. The Hall–Kier alpha value is -2.28. The van der Waals surface area contributed by atoms with Crippen LogP contribution in [0.15, 0.2) is 18.2 Å². The molecule has 1 aromatic carbocycles. The normalized spacial score (nSPS) is 22.3. The molecule has 7 heteroatoms. The van der Waals surface area contributed by atoms with Crippen molar-refractivity contribution in [2.45, 2.75) is 18.9 Å². The van der Waals surface area contributed by atoms with Crippen molar-refractivity contribution in [2.24, 2.45) is 5.92 Å². The zero-order valence-corrected chi connectivity index (χ0v) is 13.3. The molecule has 1 N–H and O–H groups in total. The van der Waals surface area contributed by atoms with E-state index < -0.39 is 0 Å². The Morgan fingerprint density at radius 1 is 1.21 bits per heavy atom. The maximum Gasteiger partial charge on any atom is 0.254 e. The fraction of sp³-hybridized carbons (Fsp3) is 0.529. The van der Waals surface area contributed by atoms with Crippen LogP contribution in [0, 0.1) is 5.92 Å². The second kappa shape index (κ2) is 6.32. The van der Waals surface area contributed by atoms with Gasteiger partial charge in [0.2, 0.25) is 12.7 Å². The Kier molecular flexibility index (Phi) is 4.02. The number of nitrogens with zero attached hydrogens (tertiary/aromatic N) is 1. The average molecular weight is 332 g/mol. The van der Waals surface area contributed by atoms with E-state index in [1.807, 2.05) is 0 Å². The first-order valence-corrected chi connectivity index (χ1v) is 8.29. The molecule has 0 radical (unpaired) electrons. The average Bonchev–Trinajstić information content (AvgIpc) is 3.21. The van der Waals surface area contributed by atoms with E-state index in [-0.39, 0.29) is 30.6 Å². The van der Waals surface area contributed by atoms with Gasteiger partial charge < -0.3 is 24.4 Å². The van der Waals surface area contributed by atoms with Crippen LogP contribution in [0.5, 0.6) is 11.5 Å². The van der Waals surface area contributed by atoms with Crippen molar-refractivity contribution in [1.29, 1.82) is 0 Å². The molecule has 2 amide bonds. The van der Waals surface area contributed by atoms with Gasteiger partial charge >= 0.3 is 0 Å². The zero-order chi connectivity index (χ0) is 16.5. The maximum atomic E-state index is 12.4. The summed E-state index contributed by atoms with van der Waals surface area (Å²) in [6.07, 6.45) is 2.20. The minimum atomic E-state index is -0.135. The number of hydrogen-bond donors (Lipinski definition) is 1. The molecule has 2 fully saturated rings. The number of fused-ring (bicyclic) bond motifs is 1. The Balaban J connectivity index is 1.27. The van der Waals surface area contributed by atoms with Crippen LogP contribution in [-0.2, 0) is 9.53 Å². The second-order valence-electron chi connectivity index (χ2n) is 6.36. The summed E-state index contributed by atoms with van der Waals surface area (Å²) in [7, 11) is 0. The molecular formula is C17H20N2O5. The van der Waals surface area contributed by atoms with Gasteiger partial charge in [-0.05, 0) is 31.0 Å². The van der Waals surface area contributed by atoms with Gasteiger partial charge in [-0.2, -0.15) is 0 Å². The molecule has 1 atom stereocenters. The van der Waals surface area contributed by atoms with Gasteiger partial charge in [0, 0.05) is 31.8 Å². The third-order valence-corrected chi connectivity index (χ3v) is 4.69. The second-order valence-corrected chi connectivity index (χ2v) is 6.36. The number of carbonyl (C=O) groups is 2. The van der Waals surface area contributed by atoms with Crippen LogP contribution in [0.2, 0.25) is 0 Å². The van der Waals surface area contributed by atoms with Crippen LogP contribution in [0.25, 0.3) is 0 Å². The first-order valence-electron chi connectivity index (χ1n) is 8.29. The minimum absolute atomic E-state index is 0.000219. The predicted molar refractivity (Wildman–Crippen MR) is 83.9 cm³/mol. The van der Waals surface area contributed by atoms with E-state index in [0.717, 1.165) is 19.4 Å². The van der Waals surface area contributed by atoms with Gasteiger partial charge in [-0.25, -0.2) is 0 Å². The Labute approximate surface area is 139 Å². The highest BCUT2D eigenvalue weighted by atomic mass is 16.7. The van der Waals surface area contributed by atoms with Gasteiger partial charge in [0.05, 0.1) is 12.0 Å². The number of ether oxygens (including phenoxy) is 3. The molecular weight excluding hydrogens is 312 g/mol. The summed E-state index contributed by atoms with van der Waals surface area (Å²) in [4.78, 5) is 26.2. The first kappa shape index (κ1) is 15.3. The predicted octanol–water partition coefficient (Wildman–Crippen LogP) is 0.782. The van der Waals surface area contributed by atoms with E-state index >= 15 is 0 Å². The molecule has 0 unspecified atom stereocenters. The molecule has 3 heterocycles. The largest absolute Gasteiger partial charge is 0.454 e. The van der Waals surface area contributed by atoms with Crippen LogP contribution >= 0.6 is 0 Å². The van der Waals surface area contributed by atoms with E-state index in [1.54, 1.807) is 23.1 Å². The summed E-state index contributed by atoms with van der Waals surface area (Å²) in [6.45, 7) is 2.42. The summed E-state index contributed by atoms with van der Waals surface area (Å²) in [5, 5.41) is 2.92. The lowest BCUT2D eigenvalue weighted by Crippen LogP contribution is -2.56. The van der Waals surface area contributed by atoms with Crippen molar-refractivity contribution >= 4 is 11.8 Å². The first-order chi connectivity index (χ1) is 11.7. The number of amides is 2. The van der Waals surface area contributed by atoms with Crippen molar-refractivity contribution in [3.05, 3.63) is 23.8 Å². The topological polar surface area (TPSA) is 77.1 Å². The molecule has 3 aliphatic heterocycles. The van der Waals surface area contributed by atoms with Gasteiger partial charge in [-0.3, -0.25) is 9.59 Å². The van der Waals surface area contributed by atoms with E-state index in [2.05, 4.69) is 5.32 Å². The maximum absolute atomic E-state index is 12.4. The van der Waals surface area contributed by atoms with E-state index in [4.69, 9.17) is 14.2 Å². The highest BCUT2D eigenvalue weighted by molar-refractivity contribution is 5.96. The van der Waals surface area contributed by atoms with Gasteiger partial charge in [0.1, 0.15) is 0 Å². The molecule has 0 spiro atoms. The minimum Gasteiger partial charge on any atom is -0.454 e. The molecule has 0 bridgehead atoms. The number of rotatable bonds is 4. The number of carbonyl (C=O) groups excluding carboxylic acids is 2. The lowest BCUT2D eigenvalue weighted by atomic mass is 9.97. The van der Waals surface area contributed by atoms with Crippen molar-refractivity contribution in [2.75, 3.05) is 33.0 Å². The number of benzene rings is 1. The Morgan fingerprint density at radius 2 is 2.04 bits per heavy atom. The van der Waals surface area contributed by atoms with E-state index in [1.165, 1.54) is 0 Å². The fourth-order valence-electron chi connectivity index (χ4n) is 3.19. The van der Waals surface area contributed by atoms with Crippen molar-refractivity contribution in [1.82, 2.24) is 10.2 Å².